The first kappa shape index (κ1) is 11.7. The zero-order chi connectivity index (χ0) is 12.6. The molecule has 1 atom stereocenters. The highest BCUT2D eigenvalue weighted by Gasteiger charge is 2.26. The first-order chi connectivity index (χ1) is 8.00. The Bertz CT molecular complexity index is 469. The average Bonchev–Trinajstić information content (AvgIpc) is 3.05. The summed E-state index contributed by atoms with van der Waals surface area (Å²) in [5.74, 6) is 0.357. The molecule has 2 rings (SSSR count). The van der Waals surface area contributed by atoms with Gasteiger partial charge in [0, 0.05) is 5.56 Å². The summed E-state index contributed by atoms with van der Waals surface area (Å²) in [5.41, 5.74) is 7.12. The van der Waals surface area contributed by atoms with Crippen molar-refractivity contribution in [2.24, 2.45) is 0 Å². The molecule has 1 aliphatic rings. The molecule has 6 nitrogen and oxygen atoms in total. The van der Waals surface area contributed by atoms with E-state index < -0.39 is 4.92 Å². The highest BCUT2D eigenvalue weighted by atomic mass is 16.6. The van der Waals surface area contributed by atoms with Crippen LogP contribution in [0.15, 0.2) is 6.07 Å². The van der Waals surface area contributed by atoms with Crippen LogP contribution in [0.2, 0.25) is 0 Å². The van der Waals surface area contributed by atoms with E-state index >= 15 is 0 Å². The van der Waals surface area contributed by atoms with Crippen LogP contribution in [-0.2, 0) is 4.74 Å². The van der Waals surface area contributed by atoms with Gasteiger partial charge >= 0.3 is 0 Å². The lowest BCUT2D eigenvalue weighted by molar-refractivity contribution is -0.384. The lowest BCUT2D eigenvalue weighted by Gasteiger charge is -2.11. The van der Waals surface area contributed by atoms with Gasteiger partial charge in [0.25, 0.3) is 5.69 Å². The number of aryl methyl sites for hydroxylation is 1. The zero-order valence-electron chi connectivity index (χ0n) is 9.73. The minimum atomic E-state index is -0.474. The second kappa shape index (κ2) is 4.21. The molecule has 0 saturated carbocycles. The molecule has 0 radical (unpaired) electrons. The second-order valence-electron chi connectivity index (χ2n) is 4.10. The largest absolute Gasteiger partial charge is 0.488 e. The average molecular weight is 238 g/mol. The number of rotatable bonds is 4. The Labute approximate surface area is 98.5 Å². The Hall–Kier alpha value is -1.82. The summed E-state index contributed by atoms with van der Waals surface area (Å²) >= 11 is 0. The number of nitrogens with zero attached hydrogens (tertiary/aromatic N) is 1. The second-order valence-corrected chi connectivity index (χ2v) is 4.10. The first-order valence-electron chi connectivity index (χ1n) is 5.29. The Morgan fingerprint density at radius 3 is 2.82 bits per heavy atom. The molecule has 0 spiro atoms. The highest BCUT2D eigenvalue weighted by Crippen LogP contribution is 2.36. The van der Waals surface area contributed by atoms with Crippen molar-refractivity contribution in [2.45, 2.75) is 20.0 Å². The Balaban J connectivity index is 2.34. The lowest BCUT2D eigenvalue weighted by Crippen LogP contribution is -2.08. The van der Waals surface area contributed by atoms with Crippen LogP contribution in [0.3, 0.4) is 0 Å². The van der Waals surface area contributed by atoms with Gasteiger partial charge in [0.1, 0.15) is 18.5 Å². The van der Waals surface area contributed by atoms with Crippen LogP contribution in [0.1, 0.15) is 11.1 Å². The molecule has 1 aliphatic heterocycles. The van der Waals surface area contributed by atoms with Gasteiger partial charge in [0.05, 0.1) is 11.5 Å². The number of nitrogens with two attached hydrogens (primary N) is 1. The summed E-state index contributed by atoms with van der Waals surface area (Å²) in [5, 5.41) is 10.9. The third-order valence-electron chi connectivity index (χ3n) is 2.82. The molecular formula is C11H14N2O4. The van der Waals surface area contributed by atoms with Gasteiger partial charge in [-0.15, -0.1) is 0 Å². The Kier molecular flexibility index (Phi) is 2.89. The van der Waals surface area contributed by atoms with Gasteiger partial charge < -0.3 is 15.2 Å². The molecule has 17 heavy (non-hydrogen) atoms. The number of benzene rings is 1. The zero-order valence-corrected chi connectivity index (χ0v) is 9.73. The predicted octanol–water partition coefficient (Wildman–Crippen LogP) is 1.57. The number of nitrogen functional groups attached to an aromatic ring is 1. The van der Waals surface area contributed by atoms with Gasteiger partial charge in [-0.3, -0.25) is 10.1 Å². The maximum atomic E-state index is 10.9. The molecule has 0 aromatic heterocycles. The van der Waals surface area contributed by atoms with Crippen molar-refractivity contribution >= 4 is 11.4 Å². The minimum Gasteiger partial charge on any atom is -0.488 e. The first-order valence-corrected chi connectivity index (χ1v) is 5.29. The fourth-order valence-corrected chi connectivity index (χ4v) is 1.59. The summed E-state index contributed by atoms with van der Waals surface area (Å²) < 4.78 is 10.4. The molecule has 1 aromatic rings. The standard InChI is InChI=1S/C11H14N2O4/c1-6-3-9(17-5-8-4-16-8)10(12)11(7(6)2)13(14)15/h3,8H,4-5,12H2,1-2H3. The van der Waals surface area contributed by atoms with E-state index in [0.717, 1.165) is 5.56 Å². The molecule has 2 N–H and O–H groups in total. The molecule has 1 unspecified atom stereocenters. The number of nitro benzene ring substituents is 1. The van der Waals surface area contributed by atoms with Gasteiger partial charge in [-0.05, 0) is 25.5 Å². The van der Waals surface area contributed by atoms with E-state index in [4.69, 9.17) is 15.2 Å². The van der Waals surface area contributed by atoms with Crippen LogP contribution in [0.25, 0.3) is 0 Å². The smallest absolute Gasteiger partial charge is 0.299 e. The van der Waals surface area contributed by atoms with E-state index in [-0.39, 0.29) is 17.5 Å². The SMILES string of the molecule is Cc1cc(OCC2CO2)c(N)c([N+](=O)[O-])c1C. The van der Waals surface area contributed by atoms with Crippen LogP contribution in [0.4, 0.5) is 11.4 Å². The molecule has 92 valence electrons. The monoisotopic (exact) mass is 238 g/mol. The van der Waals surface area contributed by atoms with Crippen LogP contribution in [0.5, 0.6) is 5.75 Å². The van der Waals surface area contributed by atoms with Crippen molar-refractivity contribution in [2.75, 3.05) is 18.9 Å². The van der Waals surface area contributed by atoms with Crippen molar-refractivity contribution in [3.05, 3.63) is 27.3 Å². The van der Waals surface area contributed by atoms with Crippen LogP contribution in [0, 0.1) is 24.0 Å². The lowest BCUT2D eigenvalue weighted by atomic mass is 10.1. The van der Waals surface area contributed by atoms with E-state index in [2.05, 4.69) is 0 Å². The third-order valence-corrected chi connectivity index (χ3v) is 2.82. The summed E-state index contributed by atoms with van der Waals surface area (Å²) in [4.78, 5) is 10.5. The fraction of sp³-hybridized carbons (Fsp3) is 0.455. The van der Waals surface area contributed by atoms with Crippen LogP contribution >= 0.6 is 0 Å². The topological polar surface area (TPSA) is 90.9 Å². The van der Waals surface area contributed by atoms with E-state index in [1.54, 1.807) is 19.9 Å². The third kappa shape index (κ3) is 2.31. The molecule has 0 amide bonds. The molecule has 1 saturated heterocycles. The number of hydrogen-bond acceptors (Lipinski definition) is 5. The van der Waals surface area contributed by atoms with Crippen LogP contribution in [-0.4, -0.2) is 24.2 Å². The Morgan fingerprint density at radius 2 is 2.29 bits per heavy atom. The van der Waals surface area contributed by atoms with E-state index in [9.17, 15) is 10.1 Å². The molecule has 0 aliphatic carbocycles. The van der Waals surface area contributed by atoms with Crippen molar-refractivity contribution in [1.29, 1.82) is 0 Å². The minimum absolute atomic E-state index is 0.0725. The van der Waals surface area contributed by atoms with Crippen molar-refractivity contribution in [3.8, 4) is 5.75 Å². The number of anilines is 1. The van der Waals surface area contributed by atoms with E-state index in [1.807, 2.05) is 0 Å². The van der Waals surface area contributed by atoms with Gasteiger partial charge in [-0.25, -0.2) is 0 Å². The van der Waals surface area contributed by atoms with Crippen molar-refractivity contribution in [3.63, 3.8) is 0 Å². The number of ether oxygens (including phenoxy) is 2. The molecular weight excluding hydrogens is 224 g/mol. The van der Waals surface area contributed by atoms with Crippen molar-refractivity contribution < 1.29 is 14.4 Å². The number of hydrogen-bond donors (Lipinski definition) is 1. The number of epoxide rings is 1. The Morgan fingerprint density at radius 1 is 1.65 bits per heavy atom. The maximum Gasteiger partial charge on any atom is 0.299 e. The van der Waals surface area contributed by atoms with E-state index in [1.165, 1.54) is 0 Å². The molecule has 1 fully saturated rings. The molecule has 1 heterocycles. The molecule has 0 bridgehead atoms. The van der Waals surface area contributed by atoms with Crippen molar-refractivity contribution in [1.82, 2.24) is 0 Å². The summed E-state index contributed by atoms with van der Waals surface area (Å²) in [6.45, 7) is 4.52. The summed E-state index contributed by atoms with van der Waals surface area (Å²) in [6.07, 6.45) is 0.0927. The fourth-order valence-electron chi connectivity index (χ4n) is 1.59. The van der Waals surface area contributed by atoms with Crippen LogP contribution < -0.4 is 10.5 Å². The highest BCUT2D eigenvalue weighted by molar-refractivity contribution is 5.71. The quantitative estimate of drug-likeness (QED) is 0.372. The normalized spacial score (nSPS) is 17.9. The summed E-state index contributed by atoms with van der Waals surface area (Å²) in [6, 6.07) is 1.72. The van der Waals surface area contributed by atoms with E-state index in [0.29, 0.717) is 24.5 Å². The predicted molar refractivity (Wildman–Crippen MR) is 62.2 cm³/mol. The molecule has 6 heteroatoms. The van der Waals surface area contributed by atoms with Gasteiger partial charge in [-0.1, -0.05) is 0 Å². The van der Waals surface area contributed by atoms with Gasteiger partial charge in [0.15, 0.2) is 5.69 Å². The summed E-state index contributed by atoms with van der Waals surface area (Å²) in [7, 11) is 0. The maximum absolute atomic E-state index is 10.9. The van der Waals surface area contributed by atoms with Gasteiger partial charge in [0.2, 0.25) is 0 Å². The number of nitro groups is 1. The van der Waals surface area contributed by atoms with Gasteiger partial charge in [-0.2, -0.15) is 0 Å². The molecule has 1 aromatic carbocycles.